The Morgan fingerprint density at radius 3 is 1.25 bits per heavy atom. The molecule has 422 valence electrons. The number of ether oxygens (including phenoxy) is 2. The van der Waals surface area contributed by atoms with E-state index in [1.165, 1.54) is 154 Å². The van der Waals surface area contributed by atoms with Crippen LogP contribution in [0.15, 0.2) is 48.6 Å². The van der Waals surface area contributed by atoms with Crippen LogP contribution >= 0.6 is 7.82 Å². The molecule has 1 saturated carbocycles. The third-order valence-electron chi connectivity index (χ3n) is 13.7. The molecule has 0 aliphatic heterocycles. The zero-order valence-electron chi connectivity index (χ0n) is 45.7. The Kier molecular flexibility index (Phi) is 46.4. The highest BCUT2D eigenvalue weighted by Gasteiger charge is 2.51. The molecule has 0 aromatic heterocycles. The molecule has 0 radical (unpaired) electrons. The first kappa shape index (κ1) is 68.3. The Morgan fingerprint density at radius 2 is 0.819 bits per heavy atom. The molecule has 6 atom stereocenters. The van der Waals surface area contributed by atoms with E-state index in [-0.39, 0.29) is 13.0 Å². The predicted molar refractivity (Wildman–Crippen MR) is 295 cm³/mol. The summed E-state index contributed by atoms with van der Waals surface area (Å²) in [4.78, 5) is 23.3. The fourth-order valence-corrected chi connectivity index (χ4v) is 10.1. The number of esters is 1. The van der Waals surface area contributed by atoms with Gasteiger partial charge in [-0.3, -0.25) is 13.8 Å². The van der Waals surface area contributed by atoms with Crippen molar-refractivity contribution in [2.24, 2.45) is 0 Å². The largest absolute Gasteiger partial charge is 0.472 e. The summed E-state index contributed by atoms with van der Waals surface area (Å²) >= 11 is 0. The summed E-state index contributed by atoms with van der Waals surface area (Å²) in [6.45, 7) is 4.19. The van der Waals surface area contributed by atoms with E-state index in [1.54, 1.807) is 0 Å². The second-order valence-electron chi connectivity index (χ2n) is 20.5. The van der Waals surface area contributed by atoms with Gasteiger partial charge in [-0.05, 0) is 51.4 Å². The van der Waals surface area contributed by atoms with Crippen LogP contribution in [0.1, 0.15) is 258 Å². The van der Waals surface area contributed by atoms with Gasteiger partial charge in [-0.25, -0.2) is 4.57 Å². The van der Waals surface area contributed by atoms with E-state index in [4.69, 9.17) is 18.5 Å². The summed E-state index contributed by atoms with van der Waals surface area (Å²) in [6.07, 6.45) is 50.4. The average molecular weight is 1040 g/mol. The summed E-state index contributed by atoms with van der Waals surface area (Å²) in [6, 6.07) is 0. The van der Waals surface area contributed by atoms with E-state index in [9.17, 15) is 39.8 Å². The highest BCUT2D eigenvalue weighted by atomic mass is 31.2. The molecule has 0 spiro atoms. The molecule has 1 aliphatic rings. The third kappa shape index (κ3) is 39.7. The van der Waals surface area contributed by atoms with Crippen LogP contribution in [0.5, 0.6) is 0 Å². The molecule has 6 N–H and O–H groups in total. The summed E-state index contributed by atoms with van der Waals surface area (Å²) < 4.78 is 34.4. The smallest absolute Gasteiger partial charge is 0.457 e. The number of hydrogen-bond acceptors (Lipinski definition) is 11. The van der Waals surface area contributed by atoms with E-state index in [0.29, 0.717) is 13.0 Å². The number of unbranched alkanes of at least 4 members (excludes halogenated alkanes) is 31. The number of phosphoric acid groups is 1. The van der Waals surface area contributed by atoms with Crippen LogP contribution in [0, 0.1) is 0 Å². The first-order valence-corrected chi connectivity index (χ1v) is 31.0. The molecule has 0 amide bonds. The zero-order chi connectivity index (χ0) is 52.6. The number of phosphoric ester groups is 1. The van der Waals surface area contributed by atoms with E-state index in [2.05, 4.69) is 62.5 Å². The molecule has 0 saturated heterocycles. The van der Waals surface area contributed by atoms with Gasteiger partial charge in [-0.2, -0.15) is 0 Å². The average Bonchev–Trinajstić information content (AvgIpc) is 3.37. The first-order chi connectivity index (χ1) is 35.0. The molecule has 72 heavy (non-hydrogen) atoms. The number of aliphatic hydroxyl groups excluding tert-OH is 5. The summed E-state index contributed by atoms with van der Waals surface area (Å²) in [5, 5.41) is 50.5. The predicted octanol–water partition coefficient (Wildman–Crippen LogP) is 14.3. The normalized spacial score (nSPS) is 20.9. The van der Waals surface area contributed by atoms with Crippen molar-refractivity contribution in [3.63, 3.8) is 0 Å². The minimum Gasteiger partial charge on any atom is -0.457 e. The van der Waals surface area contributed by atoms with E-state index < -0.39 is 63.1 Å². The lowest BCUT2D eigenvalue weighted by Crippen LogP contribution is -2.64. The molecular formula is C59H109O12P. The lowest BCUT2D eigenvalue weighted by atomic mass is 9.85. The number of hydrogen-bond donors (Lipinski definition) is 6. The summed E-state index contributed by atoms with van der Waals surface area (Å²) in [5.41, 5.74) is 0. The van der Waals surface area contributed by atoms with Crippen molar-refractivity contribution in [2.75, 3.05) is 19.8 Å². The van der Waals surface area contributed by atoms with E-state index in [1.807, 2.05) is 0 Å². The Labute approximate surface area is 439 Å². The molecule has 6 unspecified atom stereocenters. The van der Waals surface area contributed by atoms with E-state index >= 15 is 0 Å². The highest BCUT2D eigenvalue weighted by molar-refractivity contribution is 7.47. The van der Waals surface area contributed by atoms with Crippen LogP contribution in [0.25, 0.3) is 0 Å². The van der Waals surface area contributed by atoms with Gasteiger partial charge in [0.2, 0.25) is 0 Å². The molecule has 12 nitrogen and oxygen atoms in total. The van der Waals surface area contributed by atoms with Crippen molar-refractivity contribution in [2.45, 2.75) is 301 Å². The maximum absolute atomic E-state index is 12.9. The van der Waals surface area contributed by atoms with Gasteiger partial charge in [0.25, 0.3) is 0 Å². The molecule has 0 aromatic carbocycles. The number of carbonyl (C=O) groups is 1. The van der Waals surface area contributed by atoms with Gasteiger partial charge in [0.05, 0.1) is 13.2 Å². The second kappa shape index (κ2) is 48.9. The minimum atomic E-state index is -5.03. The monoisotopic (exact) mass is 1040 g/mol. The molecule has 0 heterocycles. The van der Waals surface area contributed by atoms with Crippen LogP contribution in [0.3, 0.4) is 0 Å². The van der Waals surface area contributed by atoms with Crippen molar-refractivity contribution in [3.8, 4) is 0 Å². The van der Waals surface area contributed by atoms with Gasteiger partial charge in [0, 0.05) is 13.0 Å². The fourth-order valence-electron chi connectivity index (χ4n) is 9.11. The quantitative estimate of drug-likeness (QED) is 0.0146. The van der Waals surface area contributed by atoms with Gasteiger partial charge < -0.3 is 39.9 Å². The fraction of sp³-hybridized carbons (Fsp3) is 0.847. The number of rotatable bonds is 51. The number of aliphatic hydroxyl groups is 5. The van der Waals surface area contributed by atoms with Crippen molar-refractivity contribution in [3.05, 3.63) is 48.6 Å². The van der Waals surface area contributed by atoms with Gasteiger partial charge in [0.1, 0.15) is 42.7 Å². The maximum Gasteiger partial charge on any atom is 0.472 e. The standard InChI is InChI=1S/C59H109O12P/c1-3-5-7-9-11-13-15-17-19-21-23-25-27-28-30-32-34-36-38-40-42-44-46-48-53(60)70-52(51-69-72(66,67)71-59-57(64)55(62)54(61)56(63)58(59)65)50-68-49-47-45-43-41-39-37-35-33-31-29-26-24-22-20-18-16-14-12-10-8-6-4-2/h6,8,12,14,18,20,24,26,52,54-59,61-65H,3-5,7,9-11,13,15-17,19,21-23,25,27-51H2,1-2H3,(H,66,67)/b8-6-,14-12-,20-18-,26-24-. The number of allylic oxidation sites excluding steroid dienone is 8. The van der Waals surface area contributed by atoms with Gasteiger partial charge in [-0.1, -0.05) is 249 Å². The third-order valence-corrected chi connectivity index (χ3v) is 14.7. The van der Waals surface area contributed by atoms with Gasteiger partial charge in [0.15, 0.2) is 0 Å². The van der Waals surface area contributed by atoms with E-state index in [0.717, 1.165) is 77.0 Å². The molecule has 1 fully saturated rings. The van der Waals surface area contributed by atoms with Crippen molar-refractivity contribution < 1.29 is 58.3 Å². The molecule has 1 aliphatic carbocycles. The summed E-state index contributed by atoms with van der Waals surface area (Å²) in [7, 11) is -5.03. The minimum absolute atomic E-state index is 0.0790. The first-order valence-electron chi connectivity index (χ1n) is 29.5. The maximum atomic E-state index is 12.9. The van der Waals surface area contributed by atoms with Crippen LogP contribution in [0.2, 0.25) is 0 Å². The Hall–Kier alpha value is -1.70. The second-order valence-corrected chi connectivity index (χ2v) is 21.9. The van der Waals surface area contributed by atoms with Gasteiger partial charge >= 0.3 is 13.8 Å². The lowest BCUT2D eigenvalue weighted by Gasteiger charge is -2.41. The SMILES string of the molecule is CC/C=C\C/C=C\C/C=C\C/C=C\CCCCCCCCCCCOCC(COP(=O)(O)OC1C(O)C(O)C(O)C(O)C1O)OC(=O)CCCCCCCCCCCCCCCCCCCCCCCCC. The van der Waals surface area contributed by atoms with Crippen LogP contribution < -0.4 is 0 Å². The van der Waals surface area contributed by atoms with Crippen LogP contribution in [0.4, 0.5) is 0 Å². The molecule has 0 bridgehead atoms. The lowest BCUT2D eigenvalue weighted by molar-refractivity contribution is -0.220. The number of carbonyl (C=O) groups excluding carboxylic acids is 1. The molecule has 1 rings (SSSR count). The van der Waals surface area contributed by atoms with Crippen molar-refractivity contribution in [1.29, 1.82) is 0 Å². The summed E-state index contributed by atoms with van der Waals surface area (Å²) in [5.74, 6) is -0.475. The Morgan fingerprint density at radius 1 is 0.458 bits per heavy atom. The van der Waals surface area contributed by atoms with Crippen molar-refractivity contribution in [1.82, 2.24) is 0 Å². The van der Waals surface area contributed by atoms with Crippen molar-refractivity contribution >= 4 is 13.8 Å². The molecule has 0 aromatic rings. The zero-order valence-corrected chi connectivity index (χ0v) is 46.6. The van der Waals surface area contributed by atoms with Gasteiger partial charge in [-0.15, -0.1) is 0 Å². The highest BCUT2D eigenvalue weighted by Crippen LogP contribution is 2.47. The topological polar surface area (TPSA) is 192 Å². The van der Waals surface area contributed by atoms with Crippen LogP contribution in [-0.2, 0) is 27.9 Å². The van der Waals surface area contributed by atoms with Crippen LogP contribution in [-0.4, -0.2) is 98.9 Å². The molecular weight excluding hydrogens is 932 g/mol. The molecule has 13 heteroatoms. The Bertz CT molecular complexity index is 1370. The Balaban J connectivity index is 2.27.